The molecule has 0 aromatic heterocycles. The van der Waals surface area contributed by atoms with Gasteiger partial charge in [0.15, 0.2) is 0 Å². The van der Waals surface area contributed by atoms with Gasteiger partial charge in [0.25, 0.3) is 5.91 Å². The fraction of sp³-hybridized carbons (Fsp3) is 0.440. The van der Waals surface area contributed by atoms with Gasteiger partial charge in [0.05, 0.1) is 24.8 Å². The molecular weight excluding hydrogens is 444 g/mol. The van der Waals surface area contributed by atoms with Crippen LogP contribution in [0.2, 0.25) is 5.02 Å². The van der Waals surface area contributed by atoms with Crippen molar-refractivity contribution in [2.45, 2.75) is 38.8 Å². The third kappa shape index (κ3) is 5.78. The van der Waals surface area contributed by atoms with Gasteiger partial charge in [-0.25, -0.2) is 4.79 Å². The molecule has 7 nitrogen and oxygen atoms in total. The highest BCUT2D eigenvalue weighted by atomic mass is 35.5. The Bertz CT molecular complexity index is 1110. The van der Waals surface area contributed by atoms with Gasteiger partial charge in [0, 0.05) is 33.3 Å². The largest absolute Gasteiger partial charge is 0.486 e. The fourth-order valence-electron chi connectivity index (χ4n) is 3.67. The molecule has 1 atom stereocenters. The topological polar surface area (TPSA) is 77.1 Å². The smallest absolute Gasteiger partial charge is 0.407 e. The van der Waals surface area contributed by atoms with Gasteiger partial charge < -0.3 is 24.4 Å². The predicted molar refractivity (Wildman–Crippen MR) is 126 cm³/mol. The van der Waals surface area contributed by atoms with Crippen LogP contribution in [0, 0.1) is 0 Å². The van der Waals surface area contributed by atoms with E-state index in [2.05, 4.69) is 5.32 Å². The molecule has 8 heteroatoms. The summed E-state index contributed by atoms with van der Waals surface area (Å²) < 4.78 is 33.6. The quantitative estimate of drug-likeness (QED) is 0.714. The summed E-state index contributed by atoms with van der Waals surface area (Å²) in [7, 11) is 0. The van der Waals surface area contributed by atoms with Crippen molar-refractivity contribution >= 4 is 23.6 Å². The molecular formula is C25H29ClN2O5. The van der Waals surface area contributed by atoms with Crippen LogP contribution in [-0.2, 0) is 15.8 Å². The van der Waals surface area contributed by atoms with E-state index in [0.717, 1.165) is 5.56 Å². The Kier molecular flexibility index (Phi) is 6.06. The van der Waals surface area contributed by atoms with Crippen LogP contribution in [0.15, 0.2) is 36.4 Å². The Hall–Kier alpha value is -2.77. The first kappa shape index (κ1) is 20.8. The number of hydrogen-bond donors (Lipinski definition) is 1. The number of benzene rings is 2. The molecule has 0 saturated carbocycles. The van der Waals surface area contributed by atoms with Crippen LogP contribution in [-0.4, -0.2) is 61.5 Å². The van der Waals surface area contributed by atoms with Gasteiger partial charge in [-0.3, -0.25) is 4.79 Å². The summed E-state index contributed by atoms with van der Waals surface area (Å²) in [5.41, 5.74) is 1.72. The zero-order valence-electron chi connectivity index (χ0n) is 20.9. The molecule has 33 heavy (non-hydrogen) atoms. The van der Waals surface area contributed by atoms with Crippen LogP contribution >= 0.6 is 11.6 Å². The van der Waals surface area contributed by atoms with Crippen LogP contribution in [0.5, 0.6) is 5.75 Å². The van der Waals surface area contributed by atoms with Crippen molar-refractivity contribution in [3.8, 4) is 16.9 Å². The van der Waals surface area contributed by atoms with E-state index in [9.17, 15) is 9.59 Å². The normalized spacial score (nSPS) is 20.2. The van der Waals surface area contributed by atoms with E-state index in [0.29, 0.717) is 43.0 Å². The Morgan fingerprint density at radius 2 is 1.88 bits per heavy atom. The number of carbonyl (C=O) groups excluding carboxylic acids is 2. The molecule has 2 heterocycles. The molecule has 0 spiro atoms. The molecule has 1 unspecified atom stereocenters. The number of halogens is 1. The van der Waals surface area contributed by atoms with E-state index in [1.807, 2.05) is 12.1 Å². The molecule has 176 valence electrons. The molecule has 1 N–H and O–H groups in total. The highest BCUT2D eigenvalue weighted by molar-refractivity contribution is 6.32. The maximum Gasteiger partial charge on any atom is 0.407 e. The summed E-state index contributed by atoms with van der Waals surface area (Å²) in [5, 5.41) is 2.84. The number of fused-ring (bicyclic) bond motifs is 1. The Morgan fingerprint density at radius 1 is 1.18 bits per heavy atom. The van der Waals surface area contributed by atoms with Crippen LogP contribution in [0.25, 0.3) is 11.1 Å². The SMILES string of the molecule is [2H]C1([2H])c2cc(-c3ccc(C(=O)N4CCOCC4)cc3)cc(Cl)c2OC1CNC(=O)OC(C)(C)C. The Morgan fingerprint density at radius 3 is 2.55 bits per heavy atom. The first-order valence-electron chi connectivity index (χ1n) is 11.9. The van der Waals surface area contributed by atoms with Gasteiger partial charge in [-0.15, -0.1) is 0 Å². The summed E-state index contributed by atoms with van der Waals surface area (Å²) in [4.78, 5) is 26.5. The lowest BCUT2D eigenvalue weighted by Crippen LogP contribution is -2.40. The van der Waals surface area contributed by atoms with Gasteiger partial charge >= 0.3 is 6.09 Å². The summed E-state index contributed by atoms with van der Waals surface area (Å²) in [5.74, 6) is 0.215. The van der Waals surface area contributed by atoms with E-state index in [1.165, 1.54) is 0 Å². The minimum atomic E-state index is -1.89. The number of amides is 2. The number of nitrogens with one attached hydrogen (secondary N) is 1. The summed E-state index contributed by atoms with van der Waals surface area (Å²) in [6.45, 7) is 7.38. The van der Waals surface area contributed by atoms with Crippen LogP contribution in [0.1, 0.15) is 39.4 Å². The minimum Gasteiger partial charge on any atom is -0.486 e. The van der Waals surface area contributed by atoms with Crippen LogP contribution in [0.3, 0.4) is 0 Å². The first-order valence-corrected chi connectivity index (χ1v) is 11.3. The van der Waals surface area contributed by atoms with Gasteiger partial charge in [-0.05, 0) is 56.2 Å². The maximum absolute atomic E-state index is 12.7. The van der Waals surface area contributed by atoms with Crippen molar-refractivity contribution in [1.82, 2.24) is 10.2 Å². The van der Waals surface area contributed by atoms with Gasteiger partial charge in [0.1, 0.15) is 17.5 Å². The van der Waals surface area contributed by atoms with Gasteiger partial charge in [-0.1, -0.05) is 23.7 Å². The second-order valence-corrected chi connectivity index (χ2v) is 9.36. The third-order valence-corrected chi connectivity index (χ3v) is 5.50. The minimum absolute atomic E-state index is 0.0445. The highest BCUT2D eigenvalue weighted by Crippen LogP contribution is 2.39. The standard InChI is InChI=1S/C25H29ClN2O5/c1-25(2,3)33-24(30)27-15-20-13-19-12-18(14-21(26)22(19)32-20)16-4-6-17(7-5-16)23(29)28-8-10-31-11-9-28/h4-7,12,14,20H,8-11,13,15H2,1-3H3,(H,27,30)/i13D2. The number of nitrogens with zero attached hydrogens (tertiary/aromatic N) is 1. The number of hydrogen-bond acceptors (Lipinski definition) is 5. The zero-order chi connectivity index (χ0) is 25.4. The van der Waals surface area contributed by atoms with Crippen molar-refractivity contribution in [3.05, 3.63) is 52.5 Å². The van der Waals surface area contributed by atoms with Crippen LogP contribution < -0.4 is 10.1 Å². The van der Waals surface area contributed by atoms with E-state index in [-0.39, 0.29) is 23.2 Å². The maximum atomic E-state index is 12.7. The molecule has 2 aromatic rings. The second kappa shape index (κ2) is 9.61. The Balaban J connectivity index is 1.50. The molecule has 0 aliphatic carbocycles. The lowest BCUT2D eigenvalue weighted by atomic mass is 9.99. The van der Waals surface area contributed by atoms with Crippen molar-refractivity contribution in [2.24, 2.45) is 0 Å². The molecule has 2 aromatic carbocycles. The number of morpholine rings is 1. The molecule has 1 fully saturated rings. The van der Waals surface area contributed by atoms with E-state index in [4.69, 9.17) is 28.6 Å². The molecule has 0 bridgehead atoms. The lowest BCUT2D eigenvalue weighted by Gasteiger charge is -2.26. The first-order chi connectivity index (χ1) is 16.5. The summed E-state index contributed by atoms with van der Waals surface area (Å²) in [6.07, 6.45) is -3.51. The van der Waals surface area contributed by atoms with E-state index >= 15 is 0 Å². The average molecular weight is 475 g/mol. The second-order valence-electron chi connectivity index (χ2n) is 8.95. The van der Waals surface area contributed by atoms with Gasteiger partial charge in [0.2, 0.25) is 0 Å². The zero-order valence-corrected chi connectivity index (χ0v) is 19.7. The van der Waals surface area contributed by atoms with Crippen LogP contribution in [0.4, 0.5) is 4.79 Å². The van der Waals surface area contributed by atoms with Crippen molar-refractivity contribution in [2.75, 3.05) is 32.8 Å². The fourth-order valence-corrected chi connectivity index (χ4v) is 3.93. The van der Waals surface area contributed by atoms with E-state index in [1.54, 1.807) is 49.9 Å². The monoisotopic (exact) mass is 474 g/mol. The highest BCUT2D eigenvalue weighted by Gasteiger charge is 2.27. The van der Waals surface area contributed by atoms with Crippen molar-refractivity contribution in [1.29, 1.82) is 0 Å². The summed E-state index contributed by atoms with van der Waals surface area (Å²) >= 11 is 6.47. The van der Waals surface area contributed by atoms with Crippen molar-refractivity contribution in [3.63, 3.8) is 0 Å². The third-order valence-electron chi connectivity index (χ3n) is 5.21. The van der Waals surface area contributed by atoms with E-state index < -0.39 is 24.2 Å². The van der Waals surface area contributed by atoms with Crippen molar-refractivity contribution < 1.29 is 26.5 Å². The molecule has 0 radical (unpaired) electrons. The Labute approximate surface area is 201 Å². The number of alkyl carbamates (subject to hydrolysis) is 1. The summed E-state index contributed by atoms with van der Waals surface area (Å²) in [6, 6.07) is 10.6. The molecule has 1 saturated heterocycles. The lowest BCUT2D eigenvalue weighted by molar-refractivity contribution is 0.0303. The number of carbonyl (C=O) groups is 2. The molecule has 2 aliphatic heterocycles. The van der Waals surface area contributed by atoms with Gasteiger partial charge in [-0.2, -0.15) is 0 Å². The molecule has 4 rings (SSSR count). The predicted octanol–water partition coefficient (Wildman–Crippen LogP) is 4.31. The molecule has 2 aliphatic rings. The average Bonchev–Trinajstić information content (AvgIpc) is 3.07. The molecule has 2 amide bonds. The number of ether oxygens (including phenoxy) is 3. The number of rotatable bonds is 4.